The van der Waals surface area contributed by atoms with E-state index in [0.717, 1.165) is 22.0 Å². The summed E-state index contributed by atoms with van der Waals surface area (Å²) in [6, 6.07) is 16.8. The van der Waals surface area contributed by atoms with Crippen molar-refractivity contribution in [1.29, 1.82) is 0 Å². The lowest BCUT2D eigenvalue weighted by molar-refractivity contribution is -0.155. The second-order valence-electron chi connectivity index (χ2n) is 10.5. The molecule has 0 spiro atoms. The van der Waals surface area contributed by atoms with Crippen molar-refractivity contribution in [1.82, 2.24) is 15.2 Å². The van der Waals surface area contributed by atoms with E-state index in [1.54, 1.807) is 25.7 Å². The first-order chi connectivity index (χ1) is 17.6. The predicted molar refractivity (Wildman–Crippen MR) is 143 cm³/mol. The van der Waals surface area contributed by atoms with Gasteiger partial charge in [0.05, 0.1) is 17.6 Å². The van der Waals surface area contributed by atoms with Crippen LogP contribution in [-0.4, -0.2) is 58.9 Å². The van der Waals surface area contributed by atoms with E-state index >= 15 is 0 Å². The lowest BCUT2D eigenvalue weighted by Gasteiger charge is -2.30. The van der Waals surface area contributed by atoms with Crippen molar-refractivity contribution in [3.63, 3.8) is 0 Å². The van der Waals surface area contributed by atoms with E-state index < -0.39 is 22.9 Å². The number of likely N-dealkylation sites (tertiary alicyclic amines) is 1. The third-order valence-corrected chi connectivity index (χ3v) is 7.05. The Bertz CT molecular complexity index is 1260. The van der Waals surface area contributed by atoms with Gasteiger partial charge in [-0.1, -0.05) is 48.5 Å². The second-order valence-corrected chi connectivity index (χ2v) is 10.5. The van der Waals surface area contributed by atoms with Gasteiger partial charge in [-0.05, 0) is 50.8 Å². The molecule has 8 heteroatoms. The molecule has 2 aromatic carbocycles. The number of nitrogens with zero attached hydrogens (tertiary/aromatic N) is 1. The van der Waals surface area contributed by atoms with Crippen molar-refractivity contribution >= 4 is 28.7 Å². The van der Waals surface area contributed by atoms with Crippen LogP contribution in [-0.2, 0) is 32.0 Å². The van der Waals surface area contributed by atoms with Crippen LogP contribution < -0.4 is 11.1 Å². The Balaban J connectivity index is 1.60. The highest BCUT2D eigenvalue weighted by Crippen LogP contribution is 2.36. The number of nitrogens with two attached hydrogens (primary N) is 1. The SMILES string of the molecule is CCOC(=O)C1(Cc2ccccc2)CCN(C(=O)[C@@H](Cc2c[nH]c3ccccc23)NC(=O)C(C)(C)N)C1. The van der Waals surface area contributed by atoms with Crippen LogP contribution in [0, 0.1) is 5.41 Å². The number of esters is 1. The highest BCUT2D eigenvalue weighted by Gasteiger charge is 2.48. The van der Waals surface area contributed by atoms with Gasteiger partial charge >= 0.3 is 5.97 Å². The second kappa shape index (κ2) is 10.8. The highest BCUT2D eigenvalue weighted by molar-refractivity contribution is 5.93. The van der Waals surface area contributed by atoms with Crippen molar-refractivity contribution in [2.75, 3.05) is 19.7 Å². The van der Waals surface area contributed by atoms with Crippen LogP contribution in [0.4, 0.5) is 0 Å². The summed E-state index contributed by atoms with van der Waals surface area (Å²) in [6.45, 7) is 5.90. The van der Waals surface area contributed by atoms with Crippen LogP contribution in [0.3, 0.4) is 0 Å². The van der Waals surface area contributed by atoms with Crippen LogP contribution >= 0.6 is 0 Å². The highest BCUT2D eigenvalue weighted by atomic mass is 16.5. The number of aromatic amines is 1. The van der Waals surface area contributed by atoms with Gasteiger partial charge in [0, 0.05) is 36.6 Å². The van der Waals surface area contributed by atoms with Crippen LogP contribution in [0.2, 0.25) is 0 Å². The van der Waals surface area contributed by atoms with Gasteiger partial charge in [-0.25, -0.2) is 0 Å². The number of benzene rings is 2. The normalized spacial score (nSPS) is 18.5. The minimum Gasteiger partial charge on any atom is -0.466 e. The molecular weight excluding hydrogens is 468 g/mol. The first-order valence-electron chi connectivity index (χ1n) is 12.8. The van der Waals surface area contributed by atoms with Crippen LogP contribution in [0.1, 0.15) is 38.3 Å². The van der Waals surface area contributed by atoms with Crippen molar-refractivity contribution in [3.05, 3.63) is 71.9 Å². The molecule has 0 bridgehead atoms. The molecule has 1 saturated heterocycles. The molecule has 3 aromatic rings. The van der Waals surface area contributed by atoms with E-state index in [1.807, 2.05) is 60.8 Å². The van der Waals surface area contributed by atoms with Crippen molar-refractivity contribution < 1.29 is 19.1 Å². The summed E-state index contributed by atoms with van der Waals surface area (Å²) in [5.74, 6) is -0.942. The maximum atomic E-state index is 13.9. The summed E-state index contributed by atoms with van der Waals surface area (Å²) in [7, 11) is 0. The van der Waals surface area contributed by atoms with E-state index in [-0.39, 0.29) is 25.0 Å². The van der Waals surface area contributed by atoms with Crippen LogP contribution in [0.25, 0.3) is 10.9 Å². The molecule has 0 radical (unpaired) electrons. The van der Waals surface area contributed by atoms with Crippen LogP contribution in [0.5, 0.6) is 0 Å². The summed E-state index contributed by atoms with van der Waals surface area (Å²) < 4.78 is 5.47. The fraction of sp³-hybridized carbons (Fsp3) is 0.414. The molecule has 8 nitrogen and oxygen atoms in total. The maximum absolute atomic E-state index is 13.9. The molecule has 1 aromatic heterocycles. The smallest absolute Gasteiger partial charge is 0.314 e. The Labute approximate surface area is 217 Å². The standard InChI is InChI=1S/C29H36N4O4/c1-4-37-27(36)29(17-20-10-6-5-7-11-20)14-15-33(19-29)25(34)24(32-26(35)28(2,3)30)16-21-18-31-23-13-9-8-12-22(21)23/h5-13,18,24,31H,4,14-17,19,30H2,1-3H3,(H,32,35)/t24-,29?/m1/s1. The molecule has 0 saturated carbocycles. The lowest BCUT2D eigenvalue weighted by Crippen LogP contribution is -2.57. The molecule has 1 aliphatic heterocycles. The molecule has 2 atom stereocenters. The zero-order valence-electron chi connectivity index (χ0n) is 21.8. The molecule has 1 unspecified atom stereocenters. The lowest BCUT2D eigenvalue weighted by atomic mass is 9.80. The number of para-hydroxylation sites is 1. The van der Waals surface area contributed by atoms with Gasteiger partial charge in [0.15, 0.2) is 0 Å². The van der Waals surface area contributed by atoms with Gasteiger partial charge in [0.2, 0.25) is 11.8 Å². The molecule has 2 amide bonds. The minimum absolute atomic E-state index is 0.228. The average Bonchev–Trinajstić information content (AvgIpc) is 3.49. The molecule has 2 heterocycles. The third-order valence-electron chi connectivity index (χ3n) is 7.05. The summed E-state index contributed by atoms with van der Waals surface area (Å²) in [4.78, 5) is 44.8. The zero-order chi connectivity index (χ0) is 26.6. The van der Waals surface area contributed by atoms with Crippen LogP contribution in [0.15, 0.2) is 60.8 Å². The molecule has 1 aliphatic rings. The fourth-order valence-corrected chi connectivity index (χ4v) is 5.00. The number of fused-ring (bicyclic) bond motifs is 1. The van der Waals surface area contributed by atoms with Gasteiger partial charge in [-0.2, -0.15) is 0 Å². The molecular formula is C29H36N4O4. The summed E-state index contributed by atoms with van der Waals surface area (Å²) in [5.41, 5.74) is 6.95. The number of rotatable bonds is 9. The van der Waals surface area contributed by atoms with E-state index in [1.165, 1.54) is 0 Å². The van der Waals surface area contributed by atoms with Gasteiger partial charge in [-0.3, -0.25) is 14.4 Å². The summed E-state index contributed by atoms with van der Waals surface area (Å²) in [5, 5.41) is 3.88. The van der Waals surface area contributed by atoms with Gasteiger partial charge in [0.25, 0.3) is 0 Å². The quantitative estimate of drug-likeness (QED) is 0.387. The molecule has 4 rings (SSSR count). The minimum atomic E-state index is -1.15. The Kier molecular flexibility index (Phi) is 7.68. The zero-order valence-corrected chi connectivity index (χ0v) is 21.8. The number of aromatic nitrogens is 1. The average molecular weight is 505 g/mol. The van der Waals surface area contributed by atoms with E-state index in [9.17, 15) is 14.4 Å². The predicted octanol–water partition coefficient (Wildman–Crippen LogP) is 2.96. The molecule has 0 aliphatic carbocycles. The first-order valence-corrected chi connectivity index (χ1v) is 12.8. The molecule has 4 N–H and O–H groups in total. The third kappa shape index (κ3) is 5.85. The maximum Gasteiger partial charge on any atom is 0.314 e. The number of amides is 2. The Hall–Kier alpha value is -3.65. The molecule has 1 fully saturated rings. The largest absolute Gasteiger partial charge is 0.466 e. The molecule has 196 valence electrons. The number of H-pyrrole nitrogens is 1. The van der Waals surface area contributed by atoms with Crippen molar-refractivity contribution in [3.8, 4) is 0 Å². The molecule has 37 heavy (non-hydrogen) atoms. The van der Waals surface area contributed by atoms with E-state index in [4.69, 9.17) is 10.5 Å². The number of hydrogen-bond acceptors (Lipinski definition) is 5. The monoisotopic (exact) mass is 504 g/mol. The van der Waals surface area contributed by atoms with Gasteiger partial charge in [-0.15, -0.1) is 0 Å². The topological polar surface area (TPSA) is 118 Å². The first kappa shape index (κ1) is 26.4. The number of carbonyl (C=O) groups is 3. The number of carbonyl (C=O) groups excluding carboxylic acids is 3. The van der Waals surface area contributed by atoms with E-state index in [2.05, 4.69) is 10.3 Å². The number of nitrogens with one attached hydrogen (secondary N) is 2. The number of hydrogen-bond donors (Lipinski definition) is 3. The van der Waals surface area contributed by atoms with E-state index in [0.29, 0.717) is 25.8 Å². The summed E-state index contributed by atoms with van der Waals surface area (Å²) >= 11 is 0. The van der Waals surface area contributed by atoms with Crippen molar-refractivity contribution in [2.24, 2.45) is 11.1 Å². The summed E-state index contributed by atoms with van der Waals surface area (Å²) in [6.07, 6.45) is 3.13. The van der Waals surface area contributed by atoms with Gasteiger partial charge < -0.3 is 25.7 Å². The number of ether oxygens (including phenoxy) is 1. The Morgan fingerprint density at radius 1 is 1.14 bits per heavy atom. The van der Waals surface area contributed by atoms with Crippen molar-refractivity contribution in [2.45, 2.75) is 51.6 Å². The van der Waals surface area contributed by atoms with Gasteiger partial charge in [0.1, 0.15) is 6.04 Å². The Morgan fingerprint density at radius 2 is 1.84 bits per heavy atom. The Morgan fingerprint density at radius 3 is 2.54 bits per heavy atom. The fourth-order valence-electron chi connectivity index (χ4n) is 5.00.